The van der Waals surface area contributed by atoms with Crippen molar-refractivity contribution in [1.29, 1.82) is 0 Å². The van der Waals surface area contributed by atoms with Crippen LogP contribution >= 0.6 is 11.6 Å². The van der Waals surface area contributed by atoms with E-state index in [1.54, 1.807) is 0 Å². The molecule has 1 amide bonds. The van der Waals surface area contributed by atoms with Crippen LogP contribution in [-0.4, -0.2) is 44.3 Å². The summed E-state index contributed by atoms with van der Waals surface area (Å²) in [7, 11) is 0. The predicted octanol–water partition coefficient (Wildman–Crippen LogP) is 3.85. The summed E-state index contributed by atoms with van der Waals surface area (Å²) in [5.41, 5.74) is 2.03. The van der Waals surface area contributed by atoms with Crippen molar-refractivity contribution in [1.82, 2.24) is 15.3 Å². The molecule has 0 radical (unpaired) electrons. The number of nitrogens with one attached hydrogen (secondary N) is 2. The third-order valence-corrected chi connectivity index (χ3v) is 5.41. The van der Waals surface area contributed by atoms with E-state index in [-0.39, 0.29) is 18.0 Å². The molecule has 4 N–H and O–H groups in total. The smallest absolute Gasteiger partial charge is 0.404 e. The van der Waals surface area contributed by atoms with Crippen LogP contribution < -0.4 is 10.6 Å². The van der Waals surface area contributed by atoms with Crippen molar-refractivity contribution >= 4 is 35.2 Å². The van der Waals surface area contributed by atoms with Crippen LogP contribution in [0.2, 0.25) is 5.02 Å². The molecule has 28 heavy (non-hydrogen) atoms. The van der Waals surface area contributed by atoms with Gasteiger partial charge in [-0.1, -0.05) is 29.8 Å². The lowest BCUT2D eigenvalue weighted by atomic mass is 9.91. The third kappa shape index (κ3) is 3.73. The summed E-state index contributed by atoms with van der Waals surface area (Å²) in [6, 6.07) is 7.42. The molecule has 4 rings (SSSR count). The van der Waals surface area contributed by atoms with Gasteiger partial charge in [-0.3, -0.25) is 0 Å². The van der Waals surface area contributed by atoms with E-state index in [4.69, 9.17) is 16.7 Å². The molecule has 9 heteroatoms. The van der Waals surface area contributed by atoms with Gasteiger partial charge in [-0.15, -0.1) is 0 Å². The third-order valence-electron chi connectivity index (χ3n) is 5.12. The lowest BCUT2D eigenvalue weighted by Gasteiger charge is -2.29. The maximum absolute atomic E-state index is 10.9. The minimum absolute atomic E-state index is 0.0452. The Bertz CT molecular complexity index is 936. The quantitative estimate of drug-likeness (QED) is 0.617. The Morgan fingerprint density at radius 1 is 1.21 bits per heavy atom. The summed E-state index contributed by atoms with van der Waals surface area (Å²) in [6.07, 6.45) is 3.79. The number of hydrogen-bond donors (Lipinski definition) is 4. The fourth-order valence-corrected chi connectivity index (χ4v) is 4.09. The molecule has 3 atom stereocenters. The highest BCUT2D eigenvalue weighted by Crippen LogP contribution is 2.40. The highest BCUT2D eigenvalue weighted by atomic mass is 35.5. The molecule has 1 aliphatic carbocycles. The molecule has 0 saturated heterocycles. The second-order valence-corrected chi connectivity index (χ2v) is 7.45. The number of carbonyl (C=O) groups is 1. The minimum atomic E-state index is -1.01. The van der Waals surface area contributed by atoms with E-state index >= 15 is 0 Å². The normalized spacial score (nSPS) is 23.6. The Kier molecular flexibility index (Phi) is 5.04. The van der Waals surface area contributed by atoms with Gasteiger partial charge >= 0.3 is 6.09 Å². The summed E-state index contributed by atoms with van der Waals surface area (Å²) >= 11 is 6.34. The lowest BCUT2D eigenvalue weighted by molar-refractivity contribution is 0.185. The van der Waals surface area contributed by atoms with Crippen LogP contribution in [0.1, 0.15) is 42.9 Å². The Morgan fingerprint density at radius 2 is 2.00 bits per heavy atom. The van der Waals surface area contributed by atoms with Gasteiger partial charge < -0.3 is 20.8 Å². The van der Waals surface area contributed by atoms with Crippen molar-refractivity contribution in [3.8, 4) is 0 Å². The topological polar surface area (TPSA) is 120 Å². The Hall–Kier alpha value is -2.87. The Balaban J connectivity index is 1.55. The van der Waals surface area contributed by atoms with Gasteiger partial charge in [-0.05, 0) is 37.3 Å². The molecular formula is C19H20ClN5O3. The van der Waals surface area contributed by atoms with Gasteiger partial charge in [-0.25, -0.2) is 19.8 Å². The predicted molar refractivity (Wildman–Crippen MR) is 106 cm³/mol. The number of rotatable bonds is 4. The zero-order valence-electron chi connectivity index (χ0n) is 15.0. The number of aliphatic hydroxyl groups excluding tert-OH is 1. The molecule has 1 aromatic heterocycles. The molecule has 2 heterocycles. The average Bonchev–Trinajstić information content (AvgIpc) is 2.99. The summed E-state index contributed by atoms with van der Waals surface area (Å²) < 4.78 is 0. The lowest BCUT2D eigenvalue weighted by Crippen LogP contribution is -2.41. The second-order valence-electron chi connectivity index (χ2n) is 7.04. The van der Waals surface area contributed by atoms with Gasteiger partial charge in [0.05, 0.1) is 22.6 Å². The van der Waals surface area contributed by atoms with Crippen molar-refractivity contribution in [2.45, 2.75) is 43.7 Å². The van der Waals surface area contributed by atoms with E-state index in [0.29, 0.717) is 28.8 Å². The first-order chi connectivity index (χ1) is 13.5. The second kappa shape index (κ2) is 7.63. The number of nitrogens with zero attached hydrogens (tertiary/aromatic N) is 3. The number of aromatic nitrogens is 2. The van der Waals surface area contributed by atoms with Crippen LogP contribution in [0.4, 0.5) is 16.4 Å². The van der Waals surface area contributed by atoms with Crippen LogP contribution in [0, 0.1) is 0 Å². The summed E-state index contributed by atoms with van der Waals surface area (Å²) in [4.78, 5) is 23.9. The maximum atomic E-state index is 10.9. The SMILES string of the molecule is O=C(O)NC1CCC[C@@H](Nc2ncc(Cl)c(C3C(O)=Nc4ccccc43)n2)C1. The van der Waals surface area contributed by atoms with Gasteiger partial charge in [-0.2, -0.15) is 0 Å². The highest BCUT2D eigenvalue weighted by molar-refractivity contribution is 6.31. The molecule has 1 fully saturated rings. The number of para-hydroxylation sites is 1. The van der Waals surface area contributed by atoms with Crippen LogP contribution in [0.15, 0.2) is 35.5 Å². The Labute approximate surface area is 166 Å². The van der Waals surface area contributed by atoms with Crippen molar-refractivity contribution in [3.63, 3.8) is 0 Å². The number of benzene rings is 1. The first kappa shape index (κ1) is 18.5. The number of carboxylic acid groups (broad SMARTS) is 1. The highest BCUT2D eigenvalue weighted by Gasteiger charge is 2.32. The summed E-state index contributed by atoms with van der Waals surface area (Å²) in [5.74, 6) is -0.172. The van der Waals surface area contributed by atoms with Gasteiger partial charge in [0.15, 0.2) is 5.90 Å². The first-order valence-corrected chi connectivity index (χ1v) is 9.54. The van der Waals surface area contributed by atoms with Crippen molar-refractivity contribution in [3.05, 3.63) is 46.7 Å². The minimum Gasteiger partial charge on any atom is -0.496 e. The van der Waals surface area contributed by atoms with Gasteiger partial charge in [0.2, 0.25) is 5.95 Å². The van der Waals surface area contributed by atoms with E-state index in [9.17, 15) is 9.90 Å². The fourth-order valence-electron chi connectivity index (χ4n) is 3.89. The van der Waals surface area contributed by atoms with E-state index in [2.05, 4.69) is 25.6 Å². The molecule has 0 spiro atoms. The number of aliphatic hydroxyl groups is 1. The molecule has 1 aromatic carbocycles. The molecular weight excluding hydrogens is 382 g/mol. The van der Waals surface area contributed by atoms with Crippen molar-refractivity contribution in [2.75, 3.05) is 5.32 Å². The molecule has 1 saturated carbocycles. The summed E-state index contributed by atoms with van der Waals surface area (Å²) in [6.45, 7) is 0. The van der Waals surface area contributed by atoms with Gasteiger partial charge in [0, 0.05) is 12.1 Å². The molecule has 0 bridgehead atoms. The van der Waals surface area contributed by atoms with Crippen LogP contribution in [0.3, 0.4) is 0 Å². The van der Waals surface area contributed by atoms with E-state index < -0.39 is 12.0 Å². The molecule has 146 valence electrons. The molecule has 1 aliphatic heterocycles. The number of aliphatic imine (C=N–C) groups is 1. The summed E-state index contributed by atoms with van der Waals surface area (Å²) in [5, 5.41) is 25.5. The number of amides is 1. The Morgan fingerprint density at radius 3 is 2.82 bits per heavy atom. The van der Waals surface area contributed by atoms with E-state index in [0.717, 1.165) is 24.8 Å². The van der Waals surface area contributed by atoms with Crippen molar-refractivity contribution in [2.24, 2.45) is 4.99 Å². The van der Waals surface area contributed by atoms with Crippen molar-refractivity contribution < 1.29 is 15.0 Å². The maximum Gasteiger partial charge on any atom is 0.404 e. The number of hydrogen-bond acceptors (Lipinski definition) is 5. The molecule has 2 aromatic rings. The van der Waals surface area contributed by atoms with Gasteiger partial charge in [0.1, 0.15) is 5.92 Å². The van der Waals surface area contributed by atoms with Crippen LogP contribution in [0.25, 0.3) is 0 Å². The molecule has 8 nitrogen and oxygen atoms in total. The molecule has 2 aliphatic rings. The number of anilines is 1. The van der Waals surface area contributed by atoms with Crippen LogP contribution in [0.5, 0.6) is 0 Å². The number of halogens is 1. The van der Waals surface area contributed by atoms with Crippen LogP contribution in [-0.2, 0) is 0 Å². The fraction of sp³-hybridized carbons (Fsp3) is 0.368. The van der Waals surface area contributed by atoms with Gasteiger partial charge in [0.25, 0.3) is 0 Å². The van der Waals surface area contributed by atoms with E-state index in [1.807, 2.05) is 24.3 Å². The largest absolute Gasteiger partial charge is 0.496 e. The number of fused-ring (bicyclic) bond motifs is 1. The van der Waals surface area contributed by atoms with E-state index in [1.165, 1.54) is 6.20 Å². The zero-order valence-corrected chi connectivity index (χ0v) is 15.7. The average molecular weight is 402 g/mol. The molecule has 2 unspecified atom stereocenters. The first-order valence-electron chi connectivity index (χ1n) is 9.16. The monoisotopic (exact) mass is 401 g/mol. The standard InChI is InChI=1S/C19H20ClN5O3/c20-13-9-21-18(22-10-4-3-5-11(8-10)23-19(27)28)25-16(13)15-12-6-1-2-7-14(12)24-17(15)26/h1-2,6-7,9-11,15,23H,3-5,8H2,(H,24,26)(H,27,28)(H,21,22,25)/t10-,11?,15?/m1/s1. The zero-order chi connectivity index (χ0) is 19.7.